The summed E-state index contributed by atoms with van der Waals surface area (Å²) in [7, 11) is 0. The van der Waals surface area contributed by atoms with Crippen LogP contribution in [0.4, 0.5) is 17.1 Å². The highest BCUT2D eigenvalue weighted by Gasteiger charge is 2.09. The van der Waals surface area contributed by atoms with E-state index in [0.29, 0.717) is 5.56 Å². The number of amides is 1. The number of hydrogen-bond donors (Lipinski definition) is 2. The van der Waals surface area contributed by atoms with Crippen LogP contribution in [0, 0.1) is 0 Å². The van der Waals surface area contributed by atoms with Gasteiger partial charge in [0.1, 0.15) is 0 Å². The fourth-order valence-electron chi connectivity index (χ4n) is 2.95. The molecule has 0 saturated heterocycles. The van der Waals surface area contributed by atoms with Gasteiger partial charge in [-0.05, 0) is 53.2 Å². The number of fused-ring (bicyclic) bond motifs is 1. The standard InChI is InChI=1S/C23H18N2O/c26-23(22-12-6-8-17-7-4-5-11-21(17)22)25-20-15-13-19(14-16-20)24-18-9-2-1-3-10-18/h1-16,24H,(H,25,26). The van der Waals surface area contributed by atoms with Gasteiger partial charge in [-0.1, -0.05) is 54.6 Å². The van der Waals surface area contributed by atoms with Gasteiger partial charge in [0.15, 0.2) is 0 Å². The summed E-state index contributed by atoms with van der Waals surface area (Å²) in [5, 5.41) is 8.31. The summed E-state index contributed by atoms with van der Waals surface area (Å²) in [6, 6.07) is 31.3. The first kappa shape index (κ1) is 15.9. The van der Waals surface area contributed by atoms with Gasteiger partial charge in [-0.2, -0.15) is 0 Å². The minimum Gasteiger partial charge on any atom is -0.356 e. The number of hydrogen-bond acceptors (Lipinski definition) is 2. The van der Waals surface area contributed by atoms with Gasteiger partial charge in [-0.3, -0.25) is 4.79 Å². The quantitative estimate of drug-likeness (QED) is 0.491. The molecule has 0 unspecified atom stereocenters. The number of anilines is 3. The highest BCUT2D eigenvalue weighted by Crippen LogP contribution is 2.22. The first-order valence-corrected chi connectivity index (χ1v) is 8.51. The van der Waals surface area contributed by atoms with Crippen LogP contribution in [-0.2, 0) is 0 Å². The molecular weight excluding hydrogens is 320 g/mol. The van der Waals surface area contributed by atoms with Crippen LogP contribution < -0.4 is 10.6 Å². The van der Waals surface area contributed by atoms with Crippen LogP contribution in [-0.4, -0.2) is 5.91 Å². The van der Waals surface area contributed by atoms with E-state index in [9.17, 15) is 4.79 Å². The Kier molecular flexibility index (Phi) is 4.35. The summed E-state index contributed by atoms with van der Waals surface area (Å²) in [6.07, 6.45) is 0. The fraction of sp³-hybridized carbons (Fsp3) is 0. The molecule has 0 aliphatic carbocycles. The van der Waals surface area contributed by atoms with Crippen molar-refractivity contribution in [3.8, 4) is 0 Å². The lowest BCUT2D eigenvalue weighted by molar-refractivity contribution is 0.102. The summed E-state index contributed by atoms with van der Waals surface area (Å²) >= 11 is 0. The van der Waals surface area contributed by atoms with Gasteiger partial charge < -0.3 is 10.6 Å². The van der Waals surface area contributed by atoms with E-state index in [-0.39, 0.29) is 5.91 Å². The molecule has 0 aliphatic heterocycles. The molecule has 0 aliphatic rings. The maximum absolute atomic E-state index is 12.7. The first-order valence-electron chi connectivity index (χ1n) is 8.51. The highest BCUT2D eigenvalue weighted by atomic mass is 16.1. The molecule has 4 aromatic carbocycles. The lowest BCUT2D eigenvalue weighted by Gasteiger charge is -2.10. The zero-order valence-electron chi connectivity index (χ0n) is 14.1. The molecule has 0 bridgehead atoms. The van der Waals surface area contributed by atoms with Crippen LogP contribution in [0.3, 0.4) is 0 Å². The zero-order valence-corrected chi connectivity index (χ0v) is 14.1. The van der Waals surface area contributed by atoms with Gasteiger partial charge >= 0.3 is 0 Å². The van der Waals surface area contributed by atoms with Crippen LogP contribution >= 0.6 is 0 Å². The van der Waals surface area contributed by atoms with E-state index in [1.165, 1.54) is 0 Å². The summed E-state index contributed by atoms with van der Waals surface area (Å²) in [4.78, 5) is 12.7. The van der Waals surface area contributed by atoms with Crippen LogP contribution in [0.1, 0.15) is 10.4 Å². The van der Waals surface area contributed by atoms with Crippen LogP contribution in [0.5, 0.6) is 0 Å². The third-order valence-electron chi connectivity index (χ3n) is 4.24. The van der Waals surface area contributed by atoms with Gasteiger partial charge in [0, 0.05) is 22.6 Å². The summed E-state index contributed by atoms with van der Waals surface area (Å²) in [6.45, 7) is 0. The third-order valence-corrected chi connectivity index (χ3v) is 4.24. The lowest BCUT2D eigenvalue weighted by Crippen LogP contribution is -2.12. The molecule has 0 heterocycles. The smallest absolute Gasteiger partial charge is 0.256 e. The van der Waals surface area contributed by atoms with Crippen molar-refractivity contribution >= 4 is 33.7 Å². The third kappa shape index (κ3) is 3.42. The van der Waals surface area contributed by atoms with Crippen molar-refractivity contribution in [1.82, 2.24) is 0 Å². The van der Waals surface area contributed by atoms with Crippen LogP contribution in [0.2, 0.25) is 0 Å². The van der Waals surface area contributed by atoms with E-state index in [1.807, 2.05) is 97.1 Å². The SMILES string of the molecule is O=C(Nc1ccc(Nc2ccccc2)cc1)c1cccc2ccccc12. The molecule has 1 amide bonds. The zero-order chi connectivity index (χ0) is 17.8. The summed E-state index contributed by atoms with van der Waals surface area (Å²) in [5.41, 5.74) is 3.44. The van der Waals surface area contributed by atoms with Crippen molar-refractivity contribution in [3.05, 3.63) is 103 Å². The fourth-order valence-corrected chi connectivity index (χ4v) is 2.95. The second-order valence-corrected chi connectivity index (χ2v) is 6.05. The van der Waals surface area contributed by atoms with Crippen molar-refractivity contribution in [1.29, 1.82) is 0 Å². The second kappa shape index (κ2) is 7.11. The van der Waals surface area contributed by atoms with Crippen molar-refractivity contribution in [3.63, 3.8) is 0 Å². The van der Waals surface area contributed by atoms with Crippen LogP contribution in [0.25, 0.3) is 10.8 Å². The second-order valence-electron chi connectivity index (χ2n) is 6.05. The molecule has 0 saturated carbocycles. The average molecular weight is 338 g/mol. The predicted molar refractivity (Wildman–Crippen MR) is 108 cm³/mol. The topological polar surface area (TPSA) is 41.1 Å². The number of benzene rings is 4. The monoisotopic (exact) mass is 338 g/mol. The molecule has 3 nitrogen and oxygen atoms in total. The Hall–Kier alpha value is -3.59. The molecule has 2 N–H and O–H groups in total. The molecule has 0 aromatic heterocycles. The van der Waals surface area contributed by atoms with Gasteiger partial charge in [-0.25, -0.2) is 0 Å². The number of nitrogens with one attached hydrogen (secondary N) is 2. The van der Waals surface area contributed by atoms with Crippen molar-refractivity contribution in [2.75, 3.05) is 10.6 Å². The Balaban J connectivity index is 1.51. The highest BCUT2D eigenvalue weighted by molar-refractivity contribution is 6.12. The van der Waals surface area contributed by atoms with E-state index >= 15 is 0 Å². The number of carbonyl (C=O) groups excluding carboxylic acids is 1. The number of carbonyl (C=O) groups is 1. The van der Waals surface area contributed by atoms with E-state index in [0.717, 1.165) is 27.8 Å². The molecular formula is C23H18N2O. The Morgan fingerprint density at radius 2 is 1.19 bits per heavy atom. The molecule has 3 heteroatoms. The van der Waals surface area contributed by atoms with Gasteiger partial charge in [0.25, 0.3) is 5.91 Å². The Morgan fingerprint density at radius 1 is 0.577 bits per heavy atom. The largest absolute Gasteiger partial charge is 0.356 e. The van der Waals surface area contributed by atoms with E-state index in [4.69, 9.17) is 0 Å². The normalized spacial score (nSPS) is 10.5. The molecule has 26 heavy (non-hydrogen) atoms. The minimum atomic E-state index is -0.106. The van der Waals surface area contributed by atoms with E-state index in [1.54, 1.807) is 0 Å². The molecule has 4 rings (SSSR count). The number of rotatable bonds is 4. The molecule has 0 spiro atoms. The average Bonchev–Trinajstić information content (AvgIpc) is 2.70. The predicted octanol–water partition coefficient (Wildman–Crippen LogP) is 5.84. The minimum absolute atomic E-state index is 0.106. The van der Waals surface area contributed by atoms with Gasteiger partial charge in [0.2, 0.25) is 0 Å². The van der Waals surface area contributed by atoms with E-state index in [2.05, 4.69) is 10.6 Å². The first-order chi connectivity index (χ1) is 12.8. The molecule has 0 fully saturated rings. The Morgan fingerprint density at radius 3 is 2.00 bits per heavy atom. The summed E-state index contributed by atoms with van der Waals surface area (Å²) in [5.74, 6) is -0.106. The maximum atomic E-state index is 12.7. The Bertz CT molecular complexity index is 1040. The summed E-state index contributed by atoms with van der Waals surface area (Å²) < 4.78 is 0. The molecule has 126 valence electrons. The van der Waals surface area contributed by atoms with Gasteiger partial charge in [-0.15, -0.1) is 0 Å². The van der Waals surface area contributed by atoms with E-state index < -0.39 is 0 Å². The number of para-hydroxylation sites is 1. The Labute approximate surface area is 152 Å². The maximum Gasteiger partial charge on any atom is 0.256 e. The lowest BCUT2D eigenvalue weighted by atomic mass is 10.0. The molecule has 0 atom stereocenters. The van der Waals surface area contributed by atoms with Crippen molar-refractivity contribution in [2.24, 2.45) is 0 Å². The molecule has 4 aromatic rings. The van der Waals surface area contributed by atoms with Crippen molar-refractivity contribution < 1.29 is 4.79 Å². The van der Waals surface area contributed by atoms with Crippen molar-refractivity contribution in [2.45, 2.75) is 0 Å². The van der Waals surface area contributed by atoms with Crippen LogP contribution in [0.15, 0.2) is 97.1 Å². The van der Waals surface area contributed by atoms with Gasteiger partial charge in [0.05, 0.1) is 0 Å². The molecule has 0 radical (unpaired) electrons.